The largest absolute Gasteiger partial charge is 0.345 e. The smallest absolute Gasteiger partial charge is 0.175 e. The zero-order valence-corrected chi connectivity index (χ0v) is 17.1. The van der Waals surface area contributed by atoms with Gasteiger partial charge in [0, 0.05) is 6.26 Å². The molecule has 0 aliphatic carbocycles. The molecule has 0 saturated heterocycles. The highest BCUT2D eigenvalue weighted by Gasteiger charge is 2.13. The number of aromatic amines is 1. The van der Waals surface area contributed by atoms with Crippen LogP contribution in [0.5, 0.6) is 0 Å². The summed E-state index contributed by atoms with van der Waals surface area (Å²) in [7, 11) is -3.23. The lowest BCUT2D eigenvalue weighted by molar-refractivity contribution is 0.602. The van der Waals surface area contributed by atoms with Gasteiger partial charge in [-0.05, 0) is 29.8 Å². The second kappa shape index (κ2) is 7.29. The Morgan fingerprint density at radius 1 is 1.10 bits per heavy atom. The zero-order chi connectivity index (χ0) is 21.4. The van der Waals surface area contributed by atoms with Gasteiger partial charge in [0.2, 0.25) is 0 Å². The van der Waals surface area contributed by atoms with Crippen molar-refractivity contribution in [2.75, 3.05) is 11.7 Å². The van der Waals surface area contributed by atoms with E-state index in [2.05, 4.69) is 35.6 Å². The number of nitrogens with one attached hydrogen (secondary N) is 2. The van der Waals surface area contributed by atoms with Gasteiger partial charge in [0.15, 0.2) is 21.3 Å². The van der Waals surface area contributed by atoms with Gasteiger partial charge in [0.1, 0.15) is 11.8 Å². The van der Waals surface area contributed by atoms with E-state index in [4.69, 9.17) is 0 Å². The Morgan fingerprint density at radius 3 is 2.74 bits per heavy atom. The molecule has 10 nitrogen and oxygen atoms in total. The quantitative estimate of drug-likeness (QED) is 0.322. The van der Waals surface area contributed by atoms with Crippen LogP contribution in [0.3, 0.4) is 0 Å². The molecule has 154 valence electrons. The molecule has 3 heterocycles. The van der Waals surface area contributed by atoms with Crippen LogP contribution in [-0.4, -0.2) is 50.6 Å². The Kier molecular flexibility index (Phi) is 4.44. The number of para-hydroxylation sites is 1. The number of aromatic nitrogens is 6. The third-order valence-electron chi connectivity index (χ3n) is 4.71. The van der Waals surface area contributed by atoms with Crippen molar-refractivity contribution in [2.45, 2.75) is 4.90 Å². The first-order valence-corrected chi connectivity index (χ1v) is 11.1. The number of benzene rings is 2. The number of nitrogens with zero attached hydrogens (tertiary/aromatic N) is 6. The number of hydrogen-bond donors (Lipinski definition) is 2. The van der Waals surface area contributed by atoms with Gasteiger partial charge in [0.05, 0.1) is 40.2 Å². The van der Waals surface area contributed by atoms with Gasteiger partial charge in [-0.3, -0.25) is 5.43 Å². The minimum atomic E-state index is -3.23. The van der Waals surface area contributed by atoms with E-state index in [1.807, 2.05) is 18.2 Å². The van der Waals surface area contributed by atoms with Gasteiger partial charge in [-0.15, -0.1) is 0 Å². The summed E-state index contributed by atoms with van der Waals surface area (Å²) in [6, 6.07) is 12.2. The predicted octanol–water partition coefficient (Wildman–Crippen LogP) is 2.54. The van der Waals surface area contributed by atoms with E-state index in [0.717, 1.165) is 22.3 Å². The molecule has 0 aliphatic rings. The van der Waals surface area contributed by atoms with Crippen LogP contribution in [0.1, 0.15) is 5.56 Å². The molecule has 0 spiro atoms. The maximum absolute atomic E-state index is 11.6. The van der Waals surface area contributed by atoms with E-state index in [1.165, 1.54) is 12.6 Å². The topological polar surface area (TPSA) is 131 Å². The number of hydrazone groups is 1. The van der Waals surface area contributed by atoms with Crippen molar-refractivity contribution in [2.24, 2.45) is 5.10 Å². The molecule has 0 amide bonds. The third kappa shape index (κ3) is 3.51. The zero-order valence-electron chi connectivity index (χ0n) is 16.3. The fraction of sp³-hybridized carbons (Fsp3) is 0.0500. The van der Waals surface area contributed by atoms with E-state index >= 15 is 0 Å². The van der Waals surface area contributed by atoms with E-state index in [-0.39, 0.29) is 4.90 Å². The van der Waals surface area contributed by atoms with E-state index in [9.17, 15) is 8.42 Å². The van der Waals surface area contributed by atoms with Crippen molar-refractivity contribution < 1.29 is 8.42 Å². The van der Waals surface area contributed by atoms with Gasteiger partial charge < -0.3 is 4.98 Å². The van der Waals surface area contributed by atoms with Crippen LogP contribution in [0, 0.1) is 0 Å². The highest BCUT2D eigenvalue weighted by atomic mass is 32.2. The van der Waals surface area contributed by atoms with Crippen LogP contribution in [0.4, 0.5) is 5.82 Å². The van der Waals surface area contributed by atoms with Crippen LogP contribution in [0.2, 0.25) is 0 Å². The van der Waals surface area contributed by atoms with Crippen LogP contribution in [-0.2, 0) is 9.84 Å². The van der Waals surface area contributed by atoms with Crippen molar-refractivity contribution in [1.29, 1.82) is 0 Å². The summed E-state index contributed by atoms with van der Waals surface area (Å²) in [5, 5.41) is 9.37. The Labute approximate surface area is 176 Å². The summed E-state index contributed by atoms with van der Waals surface area (Å²) in [5.74, 6) is 0.495. The summed E-state index contributed by atoms with van der Waals surface area (Å²) in [5.41, 5.74) is 6.75. The van der Waals surface area contributed by atoms with Gasteiger partial charge in [0.25, 0.3) is 0 Å². The maximum atomic E-state index is 11.6. The van der Waals surface area contributed by atoms with Crippen molar-refractivity contribution in [3.05, 3.63) is 66.9 Å². The molecule has 0 bridgehead atoms. The highest BCUT2D eigenvalue weighted by Crippen LogP contribution is 2.25. The van der Waals surface area contributed by atoms with Crippen LogP contribution < -0.4 is 5.43 Å². The summed E-state index contributed by atoms with van der Waals surface area (Å²) >= 11 is 0. The average Bonchev–Trinajstić information content (AvgIpc) is 3.41. The first-order valence-electron chi connectivity index (χ1n) is 9.21. The lowest BCUT2D eigenvalue weighted by Gasteiger charge is -2.05. The number of hydrogen-bond acceptors (Lipinski definition) is 8. The number of H-pyrrole nitrogens is 1. The van der Waals surface area contributed by atoms with Crippen molar-refractivity contribution in [1.82, 2.24) is 29.7 Å². The first-order chi connectivity index (χ1) is 15.0. The second-order valence-corrected chi connectivity index (χ2v) is 8.82. The minimum Gasteiger partial charge on any atom is -0.345 e. The molecule has 2 N–H and O–H groups in total. The molecule has 5 aromatic rings. The van der Waals surface area contributed by atoms with E-state index in [0.29, 0.717) is 16.9 Å². The average molecular weight is 432 g/mol. The molecular weight excluding hydrogens is 416 g/mol. The fourth-order valence-electron chi connectivity index (χ4n) is 3.20. The number of fused-ring (bicyclic) bond motifs is 2. The summed E-state index contributed by atoms with van der Waals surface area (Å²) in [6.07, 6.45) is 7.49. The molecule has 0 fully saturated rings. The third-order valence-corrected chi connectivity index (χ3v) is 5.84. The molecular formula is C20H16N8O2S. The number of sulfone groups is 1. The molecule has 0 unspecified atom stereocenters. The highest BCUT2D eigenvalue weighted by molar-refractivity contribution is 7.90. The van der Waals surface area contributed by atoms with Gasteiger partial charge in [-0.25, -0.2) is 28.1 Å². The maximum Gasteiger partial charge on any atom is 0.175 e. The predicted molar refractivity (Wildman–Crippen MR) is 117 cm³/mol. The molecule has 2 aromatic carbocycles. The summed E-state index contributed by atoms with van der Waals surface area (Å²) in [6.45, 7) is 0. The van der Waals surface area contributed by atoms with Gasteiger partial charge in [-0.2, -0.15) is 10.2 Å². The number of imidazole rings is 1. The lowest BCUT2D eigenvalue weighted by Crippen LogP contribution is -2.00. The van der Waals surface area contributed by atoms with Crippen LogP contribution in [0.15, 0.2) is 71.3 Å². The molecule has 5 rings (SSSR count). The Bertz CT molecular complexity index is 1530. The normalized spacial score (nSPS) is 12.2. The van der Waals surface area contributed by atoms with Crippen molar-refractivity contribution in [3.63, 3.8) is 0 Å². The summed E-state index contributed by atoms with van der Waals surface area (Å²) in [4.78, 5) is 16.3. The SMILES string of the molecule is CS(=O)(=O)c1ccc(/C=N/Nc2ncnc3c2cnn3-c2cccc3[nH]cnc23)cc1. The fourth-order valence-corrected chi connectivity index (χ4v) is 3.83. The lowest BCUT2D eigenvalue weighted by atomic mass is 10.2. The Balaban J connectivity index is 1.44. The molecule has 3 aromatic heterocycles. The standard InChI is InChI=1S/C20H16N8O2S/c1-31(29,30)14-7-5-13(6-8-14)9-25-27-19-15-10-26-28(20(15)24-12-23-19)17-4-2-3-16-18(17)22-11-21-16/h2-12H,1H3,(H,21,22)(H,23,24,27)/b25-9+. The first kappa shape index (κ1) is 18.9. The summed E-state index contributed by atoms with van der Waals surface area (Å²) < 4.78 is 24.8. The van der Waals surface area contributed by atoms with E-state index < -0.39 is 9.84 Å². The Hall–Kier alpha value is -4.12. The molecule has 0 radical (unpaired) electrons. The van der Waals surface area contributed by atoms with E-state index in [1.54, 1.807) is 47.7 Å². The van der Waals surface area contributed by atoms with Gasteiger partial charge in [-0.1, -0.05) is 18.2 Å². The van der Waals surface area contributed by atoms with Crippen LogP contribution >= 0.6 is 0 Å². The van der Waals surface area contributed by atoms with Gasteiger partial charge >= 0.3 is 0 Å². The molecule has 11 heteroatoms. The minimum absolute atomic E-state index is 0.259. The molecule has 0 aliphatic heterocycles. The monoisotopic (exact) mass is 432 g/mol. The number of rotatable bonds is 5. The molecule has 0 saturated carbocycles. The van der Waals surface area contributed by atoms with Crippen LogP contribution in [0.25, 0.3) is 27.8 Å². The second-order valence-electron chi connectivity index (χ2n) is 6.80. The van der Waals surface area contributed by atoms with Crippen molar-refractivity contribution >= 4 is 43.9 Å². The van der Waals surface area contributed by atoms with Crippen molar-refractivity contribution in [3.8, 4) is 5.69 Å². The number of anilines is 1. The molecule has 31 heavy (non-hydrogen) atoms. The molecule has 0 atom stereocenters. The Morgan fingerprint density at radius 2 is 1.94 bits per heavy atom.